The van der Waals surface area contributed by atoms with Crippen LogP contribution in [0.5, 0.6) is 0 Å². The van der Waals surface area contributed by atoms with E-state index in [0.717, 1.165) is 28.0 Å². The maximum absolute atomic E-state index is 16.1. The Morgan fingerprint density at radius 1 is 0.540 bits per heavy atom. The summed E-state index contributed by atoms with van der Waals surface area (Å²) in [6.07, 6.45) is -9.83. The first-order valence-corrected chi connectivity index (χ1v) is 15.7. The average molecular weight is 674 g/mol. The number of hydrogen-bond acceptors (Lipinski definition) is 0. The Morgan fingerprint density at radius 3 is 1.64 bits per heavy atom. The third-order valence-corrected chi connectivity index (χ3v) is 9.25. The van der Waals surface area contributed by atoms with Gasteiger partial charge in [-0.15, -0.1) is 0 Å². The molecule has 0 atom stereocenters. The summed E-state index contributed by atoms with van der Waals surface area (Å²) in [5.41, 5.74) is 0.406. The molecule has 0 saturated heterocycles. The second-order valence-corrected chi connectivity index (χ2v) is 12.5. The second-order valence-electron chi connectivity index (χ2n) is 12.5. The Hall–Kier alpha value is -6.01. The van der Waals surface area contributed by atoms with E-state index < -0.39 is 23.5 Å². The highest BCUT2D eigenvalue weighted by Crippen LogP contribution is 2.48. The van der Waals surface area contributed by atoms with E-state index in [1.54, 1.807) is 41.0 Å². The lowest BCUT2D eigenvalue weighted by Gasteiger charge is -2.25. The third kappa shape index (κ3) is 4.82. The molecule has 0 unspecified atom stereocenters. The van der Waals surface area contributed by atoms with Crippen LogP contribution in [0.4, 0.5) is 32.0 Å². The van der Waals surface area contributed by atoms with E-state index in [4.69, 9.17) is 6.57 Å². The molecule has 6 aromatic carbocycles. The lowest BCUT2D eigenvalue weighted by Crippen LogP contribution is -2.17. The van der Waals surface area contributed by atoms with Crippen LogP contribution in [-0.4, -0.2) is 9.13 Å². The molecule has 8 aromatic rings. The zero-order valence-corrected chi connectivity index (χ0v) is 26.6. The fourth-order valence-corrected chi connectivity index (χ4v) is 7.17. The fourth-order valence-electron chi connectivity index (χ4n) is 7.17. The van der Waals surface area contributed by atoms with Gasteiger partial charge in [0.2, 0.25) is 0 Å². The summed E-state index contributed by atoms with van der Waals surface area (Å²) in [4.78, 5) is 3.26. The third-order valence-electron chi connectivity index (χ3n) is 9.25. The predicted octanol–water partition coefficient (Wildman–Crippen LogP) is 12.8. The smallest absolute Gasteiger partial charge is 0.309 e. The van der Waals surface area contributed by atoms with E-state index >= 15 is 13.2 Å². The number of benzene rings is 6. The molecule has 0 amide bonds. The van der Waals surface area contributed by atoms with Crippen LogP contribution in [-0.2, 0) is 12.4 Å². The standard InChI is InChI=1S/C41H25F6N3/c1-23-12-14-31-29-8-4-6-10-33(29)49(36(31)18-23)35-17-16-28(25-20-26(40(42,43)44)22-27(21-25)48-3)39(38(35)41(45,46)47)50-34-11-7-5-9-30(34)32-15-13-24(2)19-37(32)50/h4-22H,1-2H3. The maximum atomic E-state index is 16.1. The minimum atomic E-state index is -4.99. The van der Waals surface area contributed by atoms with E-state index in [0.29, 0.717) is 38.9 Å². The van der Waals surface area contributed by atoms with Gasteiger partial charge in [0.05, 0.1) is 40.0 Å². The van der Waals surface area contributed by atoms with Gasteiger partial charge in [0.1, 0.15) is 5.56 Å². The lowest BCUT2D eigenvalue weighted by atomic mass is 9.95. The van der Waals surface area contributed by atoms with E-state index in [2.05, 4.69) is 4.85 Å². The van der Waals surface area contributed by atoms with Crippen molar-refractivity contribution in [3.05, 3.63) is 149 Å². The molecule has 9 heteroatoms. The van der Waals surface area contributed by atoms with Crippen molar-refractivity contribution in [1.82, 2.24) is 9.13 Å². The van der Waals surface area contributed by atoms with Gasteiger partial charge in [-0.2, -0.15) is 26.3 Å². The van der Waals surface area contributed by atoms with Gasteiger partial charge in [-0.1, -0.05) is 66.7 Å². The van der Waals surface area contributed by atoms with Crippen LogP contribution in [0.3, 0.4) is 0 Å². The minimum absolute atomic E-state index is 0.0989. The van der Waals surface area contributed by atoms with Crippen molar-refractivity contribution in [2.75, 3.05) is 0 Å². The summed E-state index contributed by atoms with van der Waals surface area (Å²) in [5.74, 6) is 0. The van der Waals surface area contributed by atoms with E-state index in [1.165, 1.54) is 22.8 Å². The van der Waals surface area contributed by atoms with Crippen LogP contribution in [0.15, 0.2) is 115 Å². The topological polar surface area (TPSA) is 14.2 Å². The predicted molar refractivity (Wildman–Crippen MR) is 186 cm³/mol. The first kappa shape index (κ1) is 31.3. The van der Waals surface area contributed by atoms with E-state index in [1.807, 2.05) is 62.4 Å². The van der Waals surface area contributed by atoms with Gasteiger partial charge in [-0.05, 0) is 79.1 Å². The first-order valence-electron chi connectivity index (χ1n) is 15.7. The molecule has 50 heavy (non-hydrogen) atoms. The summed E-state index contributed by atoms with van der Waals surface area (Å²) < 4.78 is 94.0. The number of hydrogen-bond donors (Lipinski definition) is 0. The number of aryl methyl sites for hydroxylation is 2. The van der Waals surface area contributed by atoms with Crippen LogP contribution < -0.4 is 0 Å². The Morgan fingerprint density at radius 2 is 1.08 bits per heavy atom. The van der Waals surface area contributed by atoms with Gasteiger partial charge in [-0.3, -0.25) is 0 Å². The number of fused-ring (bicyclic) bond motifs is 6. The molecule has 0 radical (unpaired) electrons. The van der Waals surface area contributed by atoms with Crippen LogP contribution in [0.2, 0.25) is 0 Å². The van der Waals surface area contributed by atoms with Gasteiger partial charge < -0.3 is 9.13 Å². The summed E-state index contributed by atoms with van der Waals surface area (Å²) in [6.45, 7) is 11.2. The van der Waals surface area contributed by atoms with Crippen LogP contribution in [0.1, 0.15) is 22.3 Å². The Labute approximate surface area is 282 Å². The normalized spacial score (nSPS) is 12.4. The van der Waals surface area contributed by atoms with Crippen LogP contribution in [0, 0.1) is 20.4 Å². The number of halogens is 6. The lowest BCUT2D eigenvalue weighted by molar-refractivity contribution is -0.138. The molecule has 8 rings (SSSR count). The van der Waals surface area contributed by atoms with Crippen molar-refractivity contribution < 1.29 is 26.3 Å². The summed E-state index contributed by atoms with van der Waals surface area (Å²) in [7, 11) is 0. The van der Waals surface area contributed by atoms with Crippen molar-refractivity contribution in [2.45, 2.75) is 26.2 Å². The van der Waals surface area contributed by atoms with Crippen molar-refractivity contribution >= 4 is 49.3 Å². The molecule has 2 heterocycles. The highest BCUT2D eigenvalue weighted by molar-refractivity contribution is 6.11. The second kappa shape index (κ2) is 11.0. The molecule has 3 nitrogen and oxygen atoms in total. The van der Waals surface area contributed by atoms with Gasteiger partial charge in [-0.25, -0.2) is 4.85 Å². The molecule has 246 valence electrons. The summed E-state index contributed by atoms with van der Waals surface area (Å²) in [6, 6.07) is 30.9. The molecule has 0 N–H and O–H groups in total. The largest absolute Gasteiger partial charge is 0.420 e. The average Bonchev–Trinajstić information content (AvgIpc) is 3.58. The highest BCUT2D eigenvalue weighted by Gasteiger charge is 2.41. The highest BCUT2D eigenvalue weighted by atomic mass is 19.4. The van der Waals surface area contributed by atoms with Crippen molar-refractivity contribution in [2.24, 2.45) is 0 Å². The van der Waals surface area contributed by atoms with E-state index in [9.17, 15) is 13.2 Å². The Balaban J connectivity index is 1.62. The molecule has 0 spiro atoms. The number of aromatic nitrogens is 2. The molecular weight excluding hydrogens is 648 g/mol. The SMILES string of the molecule is [C-]#[N+]c1cc(-c2ccc(-n3c4ccccc4c4ccc(C)cc43)c(C(F)(F)F)c2-n2c3ccccc3c3ccc(C)cc32)cc(C(F)(F)F)c1. The zero-order chi connectivity index (χ0) is 35.1. The van der Waals surface area contributed by atoms with Gasteiger partial charge in [0, 0.05) is 32.7 Å². The summed E-state index contributed by atoms with van der Waals surface area (Å²) >= 11 is 0. The molecule has 2 aromatic heterocycles. The molecule has 0 saturated carbocycles. The Kier molecular flexibility index (Phi) is 6.88. The number of alkyl halides is 6. The van der Waals surface area contributed by atoms with Crippen molar-refractivity contribution in [3.8, 4) is 22.5 Å². The molecule has 0 fully saturated rings. The Bertz CT molecular complexity index is 2720. The monoisotopic (exact) mass is 673 g/mol. The number of para-hydroxylation sites is 2. The molecular formula is C41H25F6N3. The summed E-state index contributed by atoms with van der Waals surface area (Å²) in [5, 5.41) is 2.89. The van der Waals surface area contributed by atoms with Crippen LogP contribution in [0.25, 0.3) is 71.0 Å². The van der Waals surface area contributed by atoms with Crippen molar-refractivity contribution in [3.63, 3.8) is 0 Å². The molecule has 0 aliphatic carbocycles. The fraction of sp³-hybridized carbons (Fsp3) is 0.0976. The molecule has 0 bridgehead atoms. The number of nitrogens with zero attached hydrogens (tertiary/aromatic N) is 3. The quantitative estimate of drug-likeness (QED) is 0.131. The molecule has 0 aliphatic heterocycles. The minimum Gasteiger partial charge on any atom is -0.309 e. The number of rotatable bonds is 3. The van der Waals surface area contributed by atoms with Gasteiger partial charge in [0.15, 0.2) is 5.69 Å². The first-order chi connectivity index (χ1) is 23.8. The zero-order valence-electron chi connectivity index (χ0n) is 26.6. The van der Waals surface area contributed by atoms with Crippen molar-refractivity contribution in [1.29, 1.82) is 0 Å². The van der Waals surface area contributed by atoms with Crippen LogP contribution >= 0.6 is 0 Å². The molecule has 0 aliphatic rings. The van der Waals surface area contributed by atoms with Gasteiger partial charge in [0.25, 0.3) is 0 Å². The van der Waals surface area contributed by atoms with E-state index in [-0.39, 0.29) is 28.2 Å². The van der Waals surface area contributed by atoms with Gasteiger partial charge >= 0.3 is 12.4 Å². The maximum Gasteiger partial charge on any atom is 0.420 e.